The lowest BCUT2D eigenvalue weighted by Gasteiger charge is -2.07. The van der Waals surface area contributed by atoms with Crippen molar-refractivity contribution in [3.8, 4) is 0 Å². The number of nitrogens with one attached hydrogen (secondary N) is 1. The number of aromatic nitrogens is 3. The molecule has 0 bridgehead atoms. The van der Waals surface area contributed by atoms with Crippen LogP contribution in [0, 0.1) is 0 Å². The fraction of sp³-hybridized carbons (Fsp3) is 0.412. The standard InChI is InChI=1S/C17H21N5O/c1-4-11(3)14-15-16(22(5-2)21-14)17(23)19-10-13(20-15)12-6-8-18-9-7-12/h6-9,11H,4-5,10H2,1-3H3,(H,19,23). The maximum absolute atomic E-state index is 12.5. The van der Waals surface area contributed by atoms with Crippen LogP contribution >= 0.6 is 0 Å². The van der Waals surface area contributed by atoms with Gasteiger partial charge in [-0.25, -0.2) is 4.99 Å². The van der Waals surface area contributed by atoms with E-state index in [1.807, 2.05) is 19.1 Å². The van der Waals surface area contributed by atoms with Gasteiger partial charge >= 0.3 is 0 Å². The van der Waals surface area contributed by atoms with E-state index in [1.165, 1.54) is 0 Å². The summed E-state index contributed by atoms with van der Waals surface area (Å²) in [6.45, 7) is 7.27. The second kappa shape index (κ2) is 6.32. The number of carbonyl (C=O) groups excluding carboxylic acids is 1. The number of pyridine rings is 1. The van der Waals surface area contributed by atoms with Crippen molar-refractivity contribution in [2.75, 3.05) is 6.54 Å². The molecule has 0 saturated heterocycles. The van der Waals surface area contributed by atoms with Crippen molar-refractivity contribution in [3.05, 3.63) is 41.5 Å². The van der Waals surface area contributed by atoms with Gasteiger partial charge in [-0.1, -0.05) is 13.8 Å². The molecule has 0 saturated carbocycles. The molecule has 0 aliphatic carbocycles. The molecule has 120 valence electrons. The Balaban J connectivity index is 2.19. The van der Waals surface area contributed by atoms with Crippen molar-refractivity contribution < 1.29 is 4.79 Å². The normalized spacial score (nSPS) is 15.4. The van der Waals surface area contributed by atoms with Crippen molar-refractivity contribution in [2.45, 2.75) is 39.7 Å². The molecule has 1 aliphatic rings. The molecular formula is C17H21N5O. The molecule has 1 atom stereocenters. The zero-order chi connectivity index (χ0) is 16.4. The number of nitrogens with zero attached hydrogens (tertiary/aromatic N) is 4. The number of carbonyl (C=O) groups is 1. The van der Waals surface area contributed by atoms with E-state index >= 15 is 0 Å². The van der Waals surface area contributed by atoms with Gasteiger partial charge in [-0.15, -0.1) is 0 Å². The molecule has 1 aliphatic heterocycles. The second-order valence-corrected chi connectivity index (χ2v) is 5.68. The first-order valence-corrected chi connectivity index (χ1v) is 8.02. The van der Waals surface area contributed by atoms with Crippen LogP contribution in [0.2, 0.25) is 0 Å². The molecule has 2 aromatic heterocycles. The van der Waals surface area contributed by atoms with Gasteiger partial charge in [-0.2, -0.15) is 5.10 Å². The van der Waals surface area contributed by atoms with Crippen LogP contribution in [-0.2, 0) is 6.54 Å². The summed E-state index contributed by atoms with van der Waals surface area (Å²) in [5, 5.41) is 7.58. The molecule has 0 spiro atoms. The first-order valence-electron chi connectivity index (χ1n) is 8.02. The average Bonchev–Trinajstić information content (AvgIpc) is 2.87. The van der Waals surface area contributed by atoms with E-state index in [2.05, 4.69) is 29.2 Å². The monoisotopic (exact) mass is 311 g/mol. The van der Waals surface area contributed by atoms with E-state index in [1.54, 1.807) is 17.1 Å². The third-order valence-corrected chi connectivity index (χ3v) is 4.22. The highest BCUT2D eigenvalue weighted by molar-refractivity contribution is 6.10. The lowest BCUT2D eigenvalue weighted by atomic mass is 10.0. The molecular weight excluding hydrogens is 290 g/mol. The van der Waals surface area contributed by atoms with E-state index in [0.29, 0.717) is 24.5 Å². The minimum absolute atomic E-state index is 0.114. The molecule has 0 aromatic carbocycles. The number of aryl methyl sites for hydroxylation is 1. The quantitative estimate of drug-likeness (QED) is 0.943. The zero-order valence-corrected chi connectivity index (χ0v) is 13.7. The number of hydrogen-bond acceptors (Lipinski definition) is 4. The zero-order valence-electron chi connectivity index (χ0n) is 13.7. The predicted octanol–water partition coefficient (Wildman–Crippen LogP) is 2.68. The van der Waals surface area contributed by atoms with Crippen LogP contribution < -0.4 is 5.32 Å². The number of hydrogen-bond donors (Lipinski definition) is 1. The minimum Gasteiger partial charge on any atom is -0.345 e. The lowest BCUT2D eigenvalue weighted by Crippen LogP contribution is -2.29. The van der Waals surface area contributed by atoms with Gasteiger partial charge in [0.25, 0.3) is 5.91 Å². The predicted molar refractivity (Wildman–Crippen MR) is 89.4 cm³/mol. The van der Waals surface area contributed by atoms with E-state index in [-0.39, 0.29) is 11.8 Å². The van der Waals surface area contributed by atoms with Gasteiger partial charge in [0.15, 0.2) is 5.69 Å². The van der Waals surface area contributed by atoms with E-state index in [4.69, 9.17) is 4.99 Å². The van der Waals surface area contributed by atoms with Crippen LogP contribution in [0.1, 0.15) is 54.9 Å². The van der Waals surface area contributed by atoms with Crippen LogP contribution in [0.25, 0.3) is 0 Å². The van der Waals surface area contributed by atoms with Crippen LogP contribution in [0.15, 0.2) is 29.5 Å². The number of fused-ring (bicyclic) bond motifs is 1. The number of amides is 1. The van der Waals surface area contributed by atoms with Crippen LogP contribution in [0.5, 0.6) is 0 Å². The summed E-state index contributed by atoms with van der Waals surface area (Å²) in [7, 11) is 0. The van der Waals surface area contributed by atoms with E-state index in [0.717, 1.165) is 23.4 Å². The molecule has 23 heavy (non-hydrogen) atoms. The Hall–Kier alpha value is -2.50. The molecule has 6 nitrogen and oxygen atoms in total. The van der Waals surface area contributed by atoms with E-state index in [9.17, 15) is 4.79 Å². The van der Waals surface area contributed by atoms with Gasteiger partial charge in [0.1, 0.15) is 5.69 Å². The third-order valence-electron chi connectivity index (χ3n) is 4.22. The summed E-state index contributed by atoms with van der Waals surface area (Å²) in [6.07, 6.45) is 4.42. The Morgan fingerprint density at radius 3 is 2.70 bits per heavy atom. The largest absolute Gasteiger partial charge is 0.345 e. The van der Waals surface area contributed by atoms with Crippen molar-refractivity contribution in [3.63, 3.8) is 0 Å². The van der Waals surface area contributed by atoms with Crippen LogP contribution in [0.4, 0.5) is 5.69 Å². The first kappa shape index (κ1) is 15.4. The second-order valence-electron chi connectivity index (χ2n) is 5.68. The van der Waals surface area contributed by atoms with Crippen LogP contribution in [0.3, 0.4) is 0 Å². The first-order chi connectivity index (χ1) is 11.2. The summed E-state index contributed by atoms with van der Waals surface area (Å²) in [5.74, 6) is 0.140. The average molecular weight is 311 g/mol. The van der Waals surface area contributed by atoms with Gasteiger partial charge < -0.3 is 5.32 Å². The highest BCUT2D eigenvalue weighted by Crippen LogP contribution is 2.33. The molecule has 2 aromatic rings. The Labute approximate surface area is 135 Å². The van der Waals surface area contributed by atoms with Crippen molar-refractivity contribution in [2.24, 2.45) is 4.99 Å². The van der Waals surface area contributed by atoms with Crippen LogP contribution in [-0.4, -0.2) is 32.9 Å². The SMILES string of the molecule is CCC(C)c1nn(CC)c2c1N=C(c1ccncc1)CNC2=O. The Morgan fingerprint density at radius 2 is 2.04 bits per heavy atom. The van der Waals surface area contributed by atoms with E-state index < -0.39 is 0 Å². The topological polar surface area (TPSA) is 72.2 Å². The summed E-state index contributed by atoms with van der Waals surface area (Å²) < 4.78 is 1.76. The molecule has 0 fully saturated rings. The number of aliphatic imine (C=N–C) groups is 1. The van der Waals surface area contributed by atoms with Crippen molar-refractivity contribution in [1.29, 1.82) is 0 Å². The van der Waals surface area contributed by atoms with Gasteiger partial charge in [0, 0.05) is 30.4 Å². The maximum atomic E-state index is 12.5. The highest BCUT2D eigenvalue weighted by atomic mass is 16.2. The van der Waals surface area contributed by atoms with Gasteiger partial charge in [-0.05, 0) is 25.5 Å². The molecule has 1 amide bonds. The summed E-state index contributed by atoms with van der Waals surface area (Å²) in [4.78, 5) is 21.4. The lowest BCUT2D eigenvalue weighted by molar-refractivity contribution is 0.0950. The van der Waals surface area contributed by atoms with Gasteiger partial charge in [0.2, 0.25) is 0 Å². The summed E-state index contributed by atoms with van der Waals surface area (Å²) >= 11 is 0. The molecule has 6 heteroatoms. The van der Waals surface area contributed by atoms with Gasteiger partial charge in [-0.3, -0.25) is 14.5 Å². The van der Waals surface area contributed by atoms with Gasteiger partial charge in [0.05, 0.1) is 18.0 Å². The Bertz CT molecular complexity index is 748. The molecule has 1 N–H and O–H groups in total. The van der Waals surface area contributed by atoms with Crippen molar-refractivity contribution in [1.82, 2.24) is 20.1 Å². The number of rotatable bonds is 4. The smallest absolute Gasteiger partial charge is 0.272 e. The third kappa shape index (κ3) is 2.76. The van der Waals surface area contributed by atoms with Crippen molar-refractivity contribution >= 4 is 17.3 Å². The molecule has 3 rings (SSSR count). The molecule has 0 radical (unpaired) electrons. The Morgan fingerprint density at radius 1 is 1.30 bits per heavy atom. The summed E-state index contributed by atoms with van der Waals surface area (Å²) in [5.41, 5.74) is 3.97. The Kier molecular flexibility index (Phi) is 4.23. The fourth-order valence-corrected chi connectivity index (χ4v) is 2.69. The highest BCUT2D eigenvalue weighted by Gasteiger charge is 2.28. The summed E-state index contributed by atoms with van der Waals surface area (Å²) in [6, 6.07) is 3.81. The molecule has 3 heterocycles. The fourth-order valence-electron chi connectivity index (χ4n) is 2.69. The minimum atomic E-state index is -0.114. The maximum Gasteiger partial charge on any atom is 0.272 e. The molecule has 1 unspecified atom stereocenters.